The van der Waals surface area contributed by atoms with E-state index in [4.69, 9.17) is 0 Å². The molecular weight excluding hydrogens is 270 g/mol. The fraction of sp³-hybridized carbons (Fsp3) is 0.385. The highest BCUT2D eigenvalue weighted by Crippen LogP contribution is 2.30. The Hall–Kier alpha value is -2.18. The van der Waals surface area contributed by atoms with Gasteiger partial charge in [-0.15, -0.1) is 0 Å². The van der Waals surface area contributed by atoms with Crippen molar-refractivity contribution in [3.63, 3.8) is 0 Å². The number of carboxylic acids is 1. The summed E-state index contributed by atoms with van der Waals surface area (Å²) in [6.45, 7) is 1.72. The van der Waals surface area contributed by atoms with Crippen LogP contribution < -0.4 is 5.32 Å². The topological polar surface area (TPSA) is 69.6 Å². The summed E-state index contributed by atoms with van der Waals surface area (Å²) < 4.78 is 26.2. The van der Waals surface area contributed by atoms with Crippen LogP contribution in [0.4, 0.5) is 19.3 Å². The van der Waals surface area contributed by atoms with Crippen LogP contribution in [0.5, 0.6) is 0 Å². The van der Waals surface area contributed by atoms with Gasteiger partial charge in [-0.25, -0.2) is 18.4 Å². The molecule has 7 heteroatoms. The van der Waals surface area contributed by atoms with Gasteiger partial charge in [-0.2, -0.15) is 0 Å². The standard InChI is InChI=1S/C13H14F2N2O3/c1-13(11(18)19)5-2-6-17(13)12(20)16-10-4-3-8(14)7-9(10)15/h3-4,7H,2,5-6H2,1H3,(H,16,20)(H,18,19). The lowest BCUT2D eigenvalue weighted by molar-refractivity contribution is -0.146. The van der Waals surface area contributed by atoms with E-state index in [-0.39, 0.29) is 12.2 Å². The predicted molar refractivity (Wildman–Crippen MR) is 67.4 cm³/mol. The number of aliphatic carboxylic acids is 1. The van der Waals surface area contributed by atoms with Crippen LogP contribution in [0.3, 0.4) is 0 Å². The van der Waals surface area contributed by atoms with Crippen LogP contribution in [0.25, 0.3) is 0 Å². The van der Waals surface area contributed by atoms with Gasteiger partial charge >= 0.3 is 12.0 Å². The highest BCUT2D eigenvalue weighted by atomic mass is 19.1. The zero-order valence-electron chi connectivity index (χ0n) is 10.8. The Kier molecular flexibility index (Phi) is 3.61. The zero-order chi connectivity index (χ0) is 14.9. The molecule has 1 aromatic rings. The molecule has 108 valence electrons. The molecule has 0 saturated carbocycles. The van der Waals surface area contributed by atoms with E-state index in [0.717, 1.165) is 17.0 Å². The number of nitrogens with one attached hydrogen (secondary N) is 1. The Balaban J connectivity index is 2.18. The molecule has 1 atom stereocenters. The van der Waals surface area contributed by atoms with E-state index in [0.29, 0.717) is 18.9 Å². The van der Waals surface area contributed by atoms with Crippen molar-refractivity contribution in [2.45, 2.75) is 25.3 Å². The van der Waals surface area contributed by atoms with Gasteiger partial charge < -0.3 is 15.3 Å². The van der Waals surface area contributed by atoms with E-state index in [1.54, 1.807) is 0 Å². The van der Waals surface area contributed by atoms with Gasteiger partial charge in [0.25, 0.3) is 0 Å². The highest BCUT2D eigenvalue weighted by molar-refractivity contribution is 5.94. The molecule has 0 spiro atoms. The molecule has 20 heavy (non-hydrogen) atoms. The number of halogens is 2. The molecule has 0 bridgehead atoms. The summed E-state index contributed by atoms with van der Waals surface area (Å²) in [7, 11) is 0. The third-order valence-electron chi connectivity index (χ3n) is 3.52. The minimum absolute atomic E-state index is 0.184. The largest absolute Gasteiger partial charge is 0.480 e. The number of hydrogen-bond acceptors (Lipinski definition) is 2. The number of carboxylic acid groups (broad SMARTS) is 1. The van der Waals surface area contributed by atoms with Crippen LogP contribution in [-0.2, 0) is 4.79 Å². The van der Waals surface area contributed by atoms with Gasteiger partial charge in [-0.05, 0) is 31.9 Å². The van der Waals surface area contributed by atoms with Crippen LogP contribution >= 0.6 is 0 Å². The summed E-state index contributed by atoms with van der Waals surface area (Å²) in [5.41, 5.74) is -1.49. The van der Waals surface area contributed by atoms with Crippen molar-refractivity contribution in [2.75, 3.05) is 11.9 Å². The quantitative estimate of drug-likeness (QED) is 0.876. The number of amides is 2. The fourth-order valence-corrected chi connectivity index (χ4v) is 2.28. The number of hydrogen-bond donors (Lipinski definition) is 2. The number of rotatable bonds is 2. The molecule has 5 nitrogen and oxygen atoms in total. The maximum atomic E-state index is 13.5. The van der Waals surface area contributed by atoms with E-state index in [1.807, 2.05) is 0 Å². The molecule has 1 fully saturated rings. The van der Waals surface area contributed by atoms with Crippen LogP contribution in [-0.4, -0.2) is 34.1 Å². The monoisotopic (exact) mass is 284 g/mol. The number of urea groups is 1. The number of carbonyl (C=O) groups is 2. The van der Waals surface area contributed by atoms with Crippen molar-refractivity contribution in [1.29, 1.82) is 0 Å². The Labute approximate surface area is 114 Å². The van der Waals surface area contributed by atoms with E-state index in [2.05, 4.69) is 5.32 Å². The second kappa shape index (κ2) is 5.07. The average molecular weight is 284 g/mol. The van der Waals surface area contributed by atoms with Crippen molar-refractivity contribution in [3.8, 4) is 0 Å². The normalized spacial score (nSPS) is 21.9. The number of benzene rings is 1. The van der Waals surface area contributed by atoms with E-state index >= 15 is 0 Å². The van der Waals surface area contributed by atoms with Gasteiger partial charge in [0.2, 0.25) is 0 Å². The minimum Gasteiger partial charge on any atom is -0.480 e. The summed E-state index contributed by atoms with van der Waals surface area (Å²) >= 11 is 0. The van der Waals surface area contributed by atoms with Gasteiger partial charge in [0.1, 0.15) is 17.2 Å². The summed E-state index contributed by atoms with van der Waals surface area (Å²) in [6, 6.07) is 2.05. The maximum absolute atomic E-state index is 13.5. The first-order valence-corrected chi connectivity index (χ1v) is 6.11. The van der Waals surface area contributed by atoms with Crippen LogP contribution in [0.2, 0.25) is 0 Å². The molecular formula is C13H14F2N2O3. The Bertz CT molecular complexity index is 565. The van der Waals surface area contributed by atoms with Crippen molar-refractivity contribution in [2.24, 2.45) is 0 Å². The van der Waals surface area contributed by atoms with Gasteiger partial charge in [0.15, 0.2) is 0 Å². The van der Waals surface area contributed by atoms with Gasteiger partial charge in [0.05, 0.1) is 5.69 Å². The second-order valence-electron chi connectivity index (χ2n) is 4.89. The molecule has 1 aromatic carbocycles. The summed E-state index contributed by atoms with van der Waals surface area (Å²) in [4.78, 5) is 24.5. The lowest BCUT2D eigenvalue weighted by Crippen LogP contribution is -2.52. The Morgan fingerprint density at radius 1 is 1.40 bits per heavy atom. The van der Waals surface area contributed by atoms with Gasteiger partial charge in [-0.3, -0.25) is 0 Å². The van der Waals surface area contributed by atoms with E-state index in [1.165, 1.54) is 6.92 Å². The Morgan fingerprint density at radius 3 is 2.70 bits per heavy atom. The van der Waals surface area contributed by atoms with Crippen molar-refractivity contribution in [1.82, 2.24) is 4.90 Å². The summed E-state index contributed by atoms with van der Waals surface area (Å²) in [5, 5.41) is 11.5. The van der Waals surface area contributed by atoms with Gasteiger partial charge in [-0.1, -0.05) is 0 Å². The molecule has 1 unspecified atom stereocenters. The van der Waals surface area contributed by atoms with Crippen molar-refractivity contribution < 1.29 is 23.5 Å². The Morgan fingerprint density at radius 2 is 2.10 bits per heavy atom. The van der Waals surface area contributed by atoms with Crippen molar-refractivity contribution >= 4 is 17.7 Å². The first-order valence-electron chi connectivity index (χ1n) is 6.11. The first-order chi connectivity index (χ1) is 9.34. The van der Waals surface area contributed by atoms with E-state index in [9.17, 15) is 23.5 Å². The van der Waals surface area contributed by atoms with Crippen LogP contribution in [0, 0.1) is 11.6 Å². The molecule has 2 N–H and O–H groups in total. The molecule has 1 saturated heterocycles. The third-order valence-corrected chi connectivity index (χ3v) is 3.52. The molecule has 1 aliphatic heterocycles. The SMILES string of the molecule is CC1(C(=O)O)CCCN1C(=O)Nc1ccc(F)cc1F. The summed E-state index contributed by atoms with van der Waals surface area (Å²) in [5.74, 6) is -2.77. The maximum Gasteiger partial charge on any atom is 0.329 e. The third kappa shape index (κ3) is 2.43. The molecule has 0 radical (unpaired) electrons. The lowest BCUT2D eigenvalue weighted by Gasteiger charge is -2.31. The molecule has 1 aliphatic rings. The molecule has 1 heterocycles. The number of carbonyl (C=O) groups excluding carboxylic acids is 1. The number of anilines is 1. The molecule has 0 aromatic heterocycles. The smallest absolute Gasteiger partial charge is 0.329 e. The van der Waals surface area contributed by atoms with Crippen LogP contribution in [0.1, 0.15) is 19.8 Å². The molecule has 2 rings (SSSR count). The lowest BCUT2D eigenvalue weighted by atomic mass is 10.00. The van der Waals surface area contributed by atoms with E-state index < -0.39 is 29.2 Å². The molecule has 2 amide bonds. The van der Waals surface area contributed by atoms with Crippen LogP contribution in [0.15, 0.2) is 18.2 Å². The zero-order valence-corrected chi connectivity index (χ0v) is 10.8. The highest BCUT2D eigenvalue weighted by Gasteiger charge is 2.46. The first kappa shape index (κ1) is 14.2. The molecule has 0 aliphatic carbocycles. The second-order valence-corrected chi connectivity index (χ2v) is 4.89. The fourth-order valence-electron chi connectivity index (χ4n) is 2.28. The van der Waals surface area contributed by atoms with Gasteiger partial charge in [0, 0.05) is 12.6 Å². The summed E-state index contributed by atoms with van der Waals surface area (Å²) in [6.07, 6.45) is 0.893. The number of nitrogens with zero attached hydrogens (tertiary/aromatic N) is 1. The minimum atomic E-state index is -1.30. The van der Waals surface area contributed by atoms with Crippen molar-refractivity contribution in [3.05, 3.63) is 29.8 Å². The average Bonchev–Trinajstić information content (AvgIpc) is 2.76. The predicted octanol–water partition coefficient (Wildman–Crippen LogP) is 2.44. The number of likely N-dealkylation sites (tertiary alicyclic amines) is 1.